The summed E-state index contributed by atoms with van der Waals surface area (Å²) in [6, 6.07) is 5.01. The predicted octanol–water partition coefficient (Wildman–Crippen LogP) is 1.74. The van der Waals surface area contributed by atoms with Gasteiger partial charge in [-0.1, -0.05) is 12.1 Å². The molecule has 0 amide bonds. The number of ether oxygens (including phenoxy) is 1. The number of rotatable bonds is 5. The summed E-state index contributed by atoms with van der Waals surface area (Å²) in [5.41, 5.74) is 6.87. The fourth-order valence-corrected chi connectivity index (χ4v) is 2.82. The normalized spacial score (nSPS) is 16.1. The molecule has 1 aromatic rings. The maximum absolute atomic E-state index is 12.0. The molecule has 1 fully saturated rings. The summed E-state index contributed by atoms with van der Waals surface area (Å²) in [4.78, 5) is 0.174. The van der Waals surface area contributed by atoms with Crippen molar-refractivity contribution >= 4 is 15.5 Å². The monoisotopic (exact) mass is 255 g/mol. The summed E-state index contributed by atoms with van der Waals surface area (Å²) >= 11 is 0. The van der Waals surface area contributed by atoms with Crippen molar-refractivity contribution in [2.75, 3.05) is 18.3 Å². The van der Waals surface area contributed by atoms with E-state index < -0.39 is 9.84 Å². The lowest BCUT2D eigenvalue weighted by atomic mass is 10.2. The van der Waals surface area contributed by atoms with Crippen molar-refractivity contribution < 1.29 is 13.2 Å². The average molecular weight is 255 g/mol. The summed E-state index contributed by atoms with van der Waals surface area (Å²) in [7, 11) is -3.43. The van der Waals surface area contributed by atoms with E-state index in [4.69, 9.17) is 10.5 Å². The molecule has 0 aromatic heterocycles. The molecular formula is C12H17NO3S. The summed E-state index contributed by atoms with van der Waals surface area (Å²) in [6.45, 7) is 2.32. The second kappa shape index (κ2) is 4.66. The van der Waals surface area contributed by atoms with Gasteiger partial charge in [-0.15, -0.1) is 0 Å². The van der Waals surface area contributed by atoms with E-state index in [1.807, 2.05) is 0 Å². The largest absolute Gasteiger partial charge is 0.397 e. The Morgan fingerprint density at radius 2 is 2.12 bits per heavy atom. The molecule has 94 valence electrons. The highest BCUT2D eigenvalue weighted by molar-refractivity contribution is 7.91. The Bertz CT molecular complexity index is 506. The summed E-state index contributed by atoms with van der Waals surface area (Å²) in [5.74, 6) is 0.275. The molecule has 17 heavy (non-hydrogen) atoms. The van der Waals surface area contributed by atoms with Crippen LogP contribution in [0.25, 0.3) is 0 Å². The zero-order valence-electron chi connectivity index (χ0n) is 9.85. The summed E-state index contributed by atoms with van der Waals surface area (Å²) in [6.07, 6.45) is 2.29. The third kappa shape index (κ3) is 2.98. The molecular weight excluding hydrogens is 238 g/mol. The molecule has 0 unspecified atom stereocenters. The lowest BCUT2D eigenvalue weighted by molar-refractivity contribution is 0.165. The van der Waals surface area contributed by atoms with E-state index in [-0.39, 0.29) is 10.8 Å². The van der Waals surface area contributed by atoms with E-state index in [1.165, 1.54) is 6.07 Å². The van der Waals surface area contributed by atoms with E-state index in [0.29, 0.717) is 18.2 Å². The Balaban J connectivity index is 2.09. The number of nitrogens with two attached hydrogens (primary N) is 1. The van der Waals surface area contributed by atoms with Gasteiger partial charge < -0.3 is 10.5 Å². The first-order valence-corrected chi connectivity index (χ1v) is 7.31. The van der Waals surface area contributed by atoms with Crippen molar-refractivity contribution in [1.29, 1.82) is 0 Å². The van der Waals surface area contributed by atoms with E-state index in [1.54, 1.807) is 19.1 Å². The van der Waals surface area contributed by atoms with E-state index in [0.717, 1.165) is 18.4 Å². The van der Waals surface area contributed by atoms with Gasteiger partial charge in [-0.2, -0.15) is 0 Å². The van der Waals surface area contributed by atoms with Gasteiger partial charge in [-0.05, 0) is 37.3 Å². The first-order chi connectivity index (χ1) is 8.00. The number of para-hydroxylation sites is 1. The van der Waals surface area contributed by atoms with Crippen LogP contribution in [0.1, 0.15) is 18.4 Å². The van der Waals surface area contributed by atoms with Gasteiger partial charge >= 0.3 is 0 Å². The second-order valence-electron chi connectivity index (χ2n) is 4.53. The summed E-state index contributed by atoms with van der Waals surface area (Å²) in [5, 5.41) is 0. The Labute approximate surface area is 102 Å². The number of benzene rings is 1. The molecule has 5 heteroatoms. The molecule has 4 nitrogen and oxygen atoms in total. The maximum atomic E-state index is 12.0. The molecule has 2 N–H and O–H groups in total. The molecule has 1 aliphatic rings. The van der Waals surface area contributed by atoms with Crippen LogP contribution in [0.3, 0.4) is 0 Å². The second-order valence-corrected chi connectivity index (χ2v) is 6.44. The molecule has 0 radical (unpaired) electrons. The third-order valence-electron chi connectivity index (χ3n) is 2.91. The van der Waals surface area contributed by atoms with E-state index in [2.05, 4.69) is 0 Å². The van der Waals surface area contributed by atoms with Gasteiger partial charge in [0.15, 0.2) is 5.94 Å². The van der Waals surface area contributed by atoms with E-state index in [9.17, 15) is 8.42 Å². The number of sulfone groups is 1. The van der Waals surface area contributed by atoms with Crippen molar-refractivity contribution in [3.05, 3.63) is 23.8 Å². The van der Waals surface area contributed by atoms with Crippen LogP contribution in [-0.4, -0.2) is 21.0 Å². The van der Waals surface area contributed by atoms with Crippen molar-refractivity contribution in [2.24, 2.45) is 5.92 Å². The van der Waals surface area contributed by atoms with Crippen molar-refractivity contribution in [1.82, 2.24) is 0 Å². The van der Waals surface area contributed by atoms with Crippen LogP contribution in [0.4, 0.5) is 5.69 Å². The van der Waals surface area contributed by atoms with Crippen LogP contribution >= 0.6 is 0 Å². The molecule has 1 aliphatic carbocycles. The minimum absolute atomic E-state index is 0.174. The summed E-state index contributed by atoms with van der Waals surface area (Å²) < 4.78 is 29.2. The molecule has 1 saturated carbocycles. The number of anilines is 1. The van der Waals surface area contributed by atoms with Gasteiger partial charge in [0.2, 0.25) is 9.84 Å². The van der Waals surface area contributed by atoms with Crippen molar-refractivity contribution in [3.8, 4) is 0 Å². The topological polar surface area (TPSA) is 69.4 Å². The highest BCUT2D eigenvalue weighted by Gasteiger charge is 2.24. The SMILES string of the molecule is Cc1cccc(S(=O)(=O)COCC2CC2)c1N. The molecule has 0 heterocycles. The average Bonchev–Trinajstić information content (AvgIpc) is 3.05. The van der Waals surface area contributed by atoms with Gasteiger partial charge in [0.1, 0.15) is 0 Å². The zero-order valence-corrected chi connectivity index (χ0v) is 10.7. The Kier molecular flexibility index (Phi) is 3.40. The van der Waals surface area contributed by atoms with Crippen molar-refractivity contribution in [2.45, 2.75) is 24.7 Å². The predicted molar refractivity (Wildman–Crippen MR) is 66.3 cm³/mol. The lowest BCUT2D eigenvalue weighted by Crippen LogP contribution is -2.13. The van der Waals surface area contributed by atoms with Gasteiger partial charge in [-0.3, -0.25) is 0 Å². The highest BCUT2D eigenvalue weighted by Crippen LogP contribution is 2.29. The Hall–Kier alpha value is -1.07. The van der Waals surface area contributed by atoms with Crippen LogP contribution in [0.5, 0.6) is 0 Å². The van der Waals surface area contributed by atoms with Gasteiger partial charge in [-0.25, -0.2) is 8.42 Å². The fourth-order valence-electron chi connectivity index (χ4n) is 1.60. The molecule has 2 rings (SSSR count). The number of hydrogen-bond acceptors (Lipinski definition) is 4. The van der Waals surface area contributed by atoms with Crippen LogP contribution < -0.4 is 5.73 Å². The minimum Gasteiger partial charge on any atom is -0.397 e. The molecule has 0 aliphatic heterocycles. The van der Waals surface area contributed by atoms with Crippen LogP contribution in [-0.2, 0) is 14.6 Å². The molecule has 0 bridgehead atoms. The quantitative estimate of drug-likeness (QED) is 0.814. The fraction of sp³-hybridized carbons (Fsp3) is 0.500. The molecule has 1 aromatic carbocycles. The Morgan fingerprint density at radius 1 is 1.41 bits per heavy atom. The smallest absolute Gasteiger partial charge is 0.204 e. The number of aryl methyl sites for hydroxylation is 1. The standard InChI is InChI=1S/C12H17NO3S/c1-9-3-2-4-11(12(9)13)17(14,15)8-16-7-10-5-6-10/h2-4,10H,5-8,13H2,1H3. The van der Waals surface area contributed by atoms with Gasteiger partial charge in [0.25, 0.3) is 0 Å². The highest BCUT2D eigenvalue weighted by atomic mass is 32.2. The van der Waals surface area contributed by atoms with Crippen LogP contribution in [0.2, 0.25) is 0 Å². The minimum atomic E-state index is -3.43. The van der Waals surface area contributed by atoms with Crippen LogP contribution in [0.15, 0.2) is 23.1 Å². The number of hydrogen-bond donors (Lipinski definition) is 1. The van der Waals surface area contributed by atoms with Gasteiger partial charge in [0, 0.05) is 0 Å². The maximum Gasteiger partial charge on any atom is 0.204 e. The van der Waals surface area contributed by atoms with Gasteiger partial charge in [0.05, 0.1) is 17.2 Å². The lowest BCUT2D eigenvalue weighted by Gasteiger charge is -2.09. The molecule has 0 spiro atoms. The molecule has 0 saturated heterocycles. The molecule has 0 atom stereocenters. The Morgan fingerprint density at radius 3 is 2.76 bits per heavy atom. The number of nitrogen functional groups attached to an aromatic ring is 1. The van der Waals surface area contributed by atoms with E-state index >= 15 is 0 Å². The first kappa shape index (κ1) is 12.4. The first-order valence-electron chi connectivity index (χ1n) is 5.66. The zero-order chi connectivity index (χ0) is 12.5. The van der Waals surface area contributed by atoms with Crippen LogP contribution in [0, 0.1) is 12.8 Å². The third-order valence-corrected chi connectivity index (χ3v) is 4.41. The van der Waals surface area contributed by atoms with Crippen molar-refractivity contribution in [3.63, 3.8) is 0 Å².